The van der Waals surface area contributed by atoms with E-state index in [2.05, 4.69) is 0 Å². The number of hydrogen-bond acceptors (Lipinski definition) is 4. The minimum atomic E-state index is -0.280. The molecule has 0 aromatic rings. The van der Waals surface area contributed by atoms with Crippen molar-refractivity contribution in [2.75, 3.05) is 13.2 Å². The number of fused-ring (bicyclic) bond motifs is 1. The van der Waals surface area contributed by atoms with Crippen molar-refractivity contribution in [3.63, 3.8) is 0 Å². The standard InChI is InChI=1S/C13H20O4/c1-3-16-12(14)10-6-8-5-9(8)7-11(10)13(15)17-4-2/h8-11H,3-7H2,1-2H3/t8?,9?,10-,11?/m0/s1. The van der Waals surface area contributed by atoms with Crippen LogP contribution in [0.5, 0.6) is 0 Å². The molecular formula is C13H20O4. The SMILES string of the molecule is CCOC(=O)C1CC2CC2C[C@@H]1C(=O)OCC. The van der Waals surface area contributed by atoms with Gasteiger partial charge >= 0.3 is 11.9 Å². The van der Waals surface area contributed by atoms with Gasteiger partial charge in [-0.15, -0.1) is 0 Å². The number of esters is 2. The highest BCUT2D eigenvalue weighted by atomic mass is 16.5. The summed E-state index contributed by atoms with van der Waals surface area (Å²) >= 11 is 0. The Morgan fingerprint density at radius 1 is 0.882 bits per heavy atom. The van der Waals surface area contributed by atoms with E-state index in [1.54, 1.807) is 13.8 Å². The van der Waals surface area contributed by atoms with Crippen molar-refractivity contribution in [3.8, 4) is 0 Å². The van der Waals surface area contributed by atoms with Crippen LogP contribution in [0.2, 0.25) is 0 Å². The highest BCUT2D eigenvalue weighted by molar-refractivity contribution is 5.82. The van der Waals surface area contributed by atoms with Gasteiger partial charge in [0, 0.05) is 0 Å². The molecule has 17 heavy (non-hydrogen) atoms. The molecule has 0 aromatic carbocycles. The van der Waals surface area contributed by atoms with Crippen LogP contribution in [-0.2, 0) is 19.1 Å². The van der Waals surface area contributed by atoms with E-state index in [0.29, 0.717) is 25.0 Å². The molecule has 4 heteroatoms. The molecular weight excluding hydrogens is 220 g/mol. The van der Waals surface area contributed by atoms with Crippen LogP contribution in [0.4, 0.5) is 0 Å². The maximum atomic E-state index is 11.9. The molecule has 2 fully saturated rings. The molecule has 0 heterocycles. The van der Waals surface area contributed by atoms with Crippen molar-refractivity contribution in [1.82, 2.24) is 0 Å². The summed E-state index contributed by atoms with van der Waals surface area (Å²) in [6.45, 7) is 4.33. The summed E-state index contributed by atoms with van der Waals surface area (Å²) in [6.07, 6.45) is 2.76. The molecule has 2 aliphatic rings. The molecule has 0 bridgehead atoms. The lowest BCUT2D eigenvalue weighted by atomic mass is 9.79. The van der Waals surface area contributed by atoms with E-state index >= 15 is 0 Å². The van der Waals surface area contributed by atoms with Crippen LogP contribution in [0.25, 0.3) is 0 Å². The fourth-order valence-corrected chi connectivity index (χ4v) is 2.89. The molecule has 2 aliphatic carbocycles. The number of carbonyl (C=O) groups excluding carboxylic acids is 2. The summed E-state index contributed by atoms with van der Waals surface area (Å²) in [5.41, 5.74) is 0. The van der Waals surface area contributed by atoms with Crippen LogP contribution in [0.3, 0.4) is 0 Å². The topological polar surface area (TPSA) is 52.6 Å². The van der Waals surface area contributed by atoms with Crippen LogP contribution in [0.15, 0.2) is 0 Å². The van der Waals surface area contributed by atoms with Gasteiger partial charge in [-0.3, -0.25) is 9.59 Å². The molecule has 0 radical (unpaired) electrons. The van der Waals surface area contributed by atoms with Crippen molar-refractivity contribution in [2.45, 2.75) is 33.1 Å². The van der Waals surface area contributed by atoms with Crippen molar-refractivity contribution in [1.29, 1.82) is 0 Å². The van der Waals surface area contributed by atoms with Crippen molar-refractivity contribution in [3.05, 3.63) is 0 Å². The molecule has 2 saturated carbocycles. The molecule has 0 N–H and O–H groups in total. The van der Waals surface area contributed by atoms with Crippen LogP contribution in [0.1, 0.15) is 33.1 Å². The van der Waals surface area contributed by atoms with Crippen LogP contribution in [0, 0.1) is 23.7 Å². The fourth-order valence-electron chi connectivity index (χ4n) is 2.89. The lowest BCUT2D eigenvalue weighted by Crippen LogP contribution is -2.35. The second kappa shape index (κ2) is 5.07. The molecule has 0 aliphatic heterocycles. The van der Waals surface area contributed by atoms with Crippen LogP contribution in [-0.4, -0.2) is 25.2 Å². The number of hydrogen-bond donors (Lipinski definition) is 0. The lowest BCUT2D eigenvalue weighted by molar-refractivity contribution is -0.162. The quantitative estimate of drug-likeness (QED) is 0.703. The van der Waals surface area contributed by atoms with Gasteiger partial charge in [0.25, 0.3) is 0 Å². The van der Waals surface area contributed by atoms with Gasteiger partial charge in [0.15, 0.2) is 0 Å². The molecule has 4 nitrogen and oxygen atoms in total. The maximum Gasteiger partial charge on any atom is 0.309 e. The van der Waals surface area contributed by atoms with E-state index in [1.807, 2.05) is 0 Å². The molecule has 0 amide bonds. The Morgan fingerprint density at radius 3 is 1.65 bits per heavy atom. The van der Waals surface area contributed by atoms with Gasteiger partial charge < -0.3 is 9.47 Å². The van der Waals surface area contributed by atoms with Gasteiger partial charge in [0.05, 0.1) is 25.0 Å². The molecule has 4 atom stereocenters. The number of ether oxygens (including phenoxy) is 2. The molecule has 2 rings (SSSR count). The van der Waals surface area contributed by atoms with Gasteiger partial charge in [-0.05, 0) is 44.9 Å². The molecule has 3 unspecified atom stereocenters. The Balaban J connectivity index is 2.03. The van der Waals surface area contributed by atoms with Gasteiger partial charge in [-0.1, -0.05) is 0 Å². The minimum absolute atomic E-state index is 0.226. The van der Waals surface area contributed by atoms with Crippen molar-refractivity contribution >= 4 is 11.9 Å². The first-order valence-corrected chi connectivity index (χ1v) is 6.50. The Bertz CT molecular complexity index is 283. The zero-order valence-electron chi connectivity index (χ0n) is 10.5. The third-order valence-corrected chi connectivity index (χ3v) is 3.85. The van der Waals surface area contributed by atoms with E-state index in [1.165, 1.54) is 0 Å². The first-order chi connectivity index (χ1) is 8.17. The van der Waals surface area contributed by atoms with E-state index in [4.69, 9.17) is 9.47 Å². The second-order valence-corrected chi connectivity index (χ2v) is 4.94. The summed E-state index contributed by atoms with van der Waals surface area (Å²) < 4.78 is 10.1. The number of carbonyl (C=O) groups is 2. The van der Waals surface area contributed by atoms with Gasteiger partial charge in [-0.2, -0.15) is 0 Å². The predicted octanol–water partition coefficient (Wildman–Crippen LogP) is 1.77. The summed E-state index contributed by atoms with van der Waals surface area (Å²) in [5.74, 6) is 0.257. The fraction of sp³-hybridized carbons (Fsp3) is 0.846. The maximum absolute atomic E-state index is 11.9. The molecule has 96 valence electrons. The molecule has 0 saturated heterocycles. The van der Waals surface area contributed by atoms with Gasteiger partial charge in [0.1, 0.15) is 0 Å². The molecule has 0 spiro atoms. The normalized spacial score (nSPS) is 34.7. The molecule has 0 aromatic heterocycles. The monoisotopic (exact) mass is 240 g/mol. The van der Waals surface area contributed by atoms with Crippen LogP contribution >= 0.6 is 0 Å². The van der Waals surface area contributed by atoms with Crippen molar-refractivity contribution < 1.29 is 19.1 Å². The largest absolute Gasteiger partial charge is 0.466 e. The average molecular weight is 240 g/mol. The smallest absolute Gasteiger partial charge is 0.309 e. The lowest BCUT2D eigenvalue weighted by Gasteiger charge is -2.27. The van der Waals surface area contributed by atoms with Crippen LogP contribution < -0.4 is 0 Å². The van der Waals surface area contributed by atoms with E-state index in [0.717, 1.165) is 19.3 Å². The van der Waals surface area contributed by atoms with Crippen molar-refractivity contribution in [2.24, 2.45) is 23.7 Å². The summed E-state index contributed by atoms with van der Waals surface area (Å²) in [6, 6.07) is 0. The van der Waals surface area contributed by atoms with E-state index in [9.17, 15) is 9.59 Å². The predicted molar refractivity (Wildman–Crippen MR) is 61.1 cm³/mol. The van der Waals surface area contributed by atoms with E-state index in [-0.39, 0.29) is 23.8 Å². The number of rotatable bonds is 4. The third kappa shape index (κ3) is 2.61. The Morgan fingerprint density at radius 2 is 1.29 bits per heavy atom. The first kappa shape index (κ1) is 12.4. The Hall–Kier alpha value is -1.06. The average Bonchev–Trinajstić information content (AvgIpc) is 3.06. The first-order valence-electron chi connectivity index (χ1n) is 6.50. The summed E-state index contributed by atoms with van der Waals surface area (Å²) in [7, 11) is 0. The summed E-state index contributed by atoms with van der Waals surface area (Å²) in [5, 5.41) is 0. The summed E-state index contributed by atoms with van der Waals surface area (Å²) in [4.78, 5) is 23.7. The van der Waals surface area contributed by atoms with Gasteiger partial charge in [-0.25, -0.2) is 0 Å². The Labute approximate surface area is 102 Å². The highest BCUT2D eigenvalue weighted by Gasteiger charge is 2.51. The van der Waals surface area contributed by atoms with E-state index < -0.39 is 0 Å². The minimum Gasteiger partial charge on any atom is -0.466 e. The second-order valence-electron chi connectivity index (χ2n) is 4.94. The zero-order chi connectivity index (χ0) is 12.4. The Kier molecular flexibility index (Phi) is 3.69. The third-order valence-electron chi connectivity index (χ3n) is 3.85. The highest BCUT2D eigenvalue weighted by Crippen LogP contribution is 2.54. The zero-order valence-corrected chi connectivity index (χ0v) is 10.5. The van der Waals surface area contributed by atoms with Gasteiger partial charge in [0.2, 0.25) is 0 Å².